The van der Waals surface area contributed by atoms with E-state index in [4.69, 9.17) is 30.2 Å². The monoisotopic (exact) mass is 479 g/mol. The Labute approximate surface area is 200 Å². The summed E-state index contributed by atoms with van der Waals surface area (Å²) in [7, 11) is 3.03. The highest BCUT2D eigenvalue weighted by molar-refractivity contribution is 6.31. The maximum atomic E-state index is 13.3. The molecular formula is C26H22ClNO6. The number of fused-ring (bicyclic) bond motifs is 1. The first kappa shape index (κ1) is 23.2. The van der Waals surface area contributed by atoms with Gasteiger partial charge in [0, 0.05) is 16.3 Å². The molecule has 0 aliphatic heterocycles. The van der Waals surface area contributed by atoms with Gasteiger partial charge in [-0.15, -0.1) is 0 Å². The number of carbonyl (C=O) groups excluding carboxylic acids is 1. The Morgan fingerprint density at radius 2 is 1.76 bits per heavy atom. The third-order valence-electron chi connectivity index (χ3n) is 5.22. The molecule has 0 aliphatic carbocycles. The fourth-order valence-corrected chi connectivity index (χ4v) is 3.66. The summed E-state index contributed by atoms with van der Waals surface area (Å²) in [5.41, 5.74) is 1.96. The molecule has 0 aliphatic rings. The molecule has 0 atom stereocenters. The minimum atomic E-state index is -0.447. The Morgan fingerprint density at radius 1 is 1.00 bits per heavy atom. The summed E-state index contributed by atoms with van der Waals surface area (Å²) in [6.07, 6.45) is 0. The minimum absolute atomic E-state index is 0.109. The van der Waals surface area contributed by atoms with Crippen molar-refractivity contribution in [2.24, 2.45) is 0 Å². The van der Waals surface area contributed by atoms with Gasteiger partial charge in [-0.1, -0.05) is 29.8 Å². The lowest BCUT2D eigenvalue weighted by Gasteiger charge is -2.14. The average molecular weight is 480 g/mol. The predicted molar refractivity (Wildman–Crippen MR) is 131 cm³/mol. The first-order valence-corrected chi connectivity index (χ1v) is 10.8. The molecule has 3 aromatic carbocycles. The van der Waals surface area contributed by atoms with Crippen LogP contribution in [0.2, 0.25) is 5.02 Å². The van der Waals surface area contributed by atoms with E-state index in [9.17, 15) is 9.59 Å². The van der Waals surface area contributed by atoms with Crippen LogP contribution in [0.25, 0.3) is 22.3 Å². The van der Waals surface area contributed by atoms with Crippen molar-refractivity contribution in [2.75, 3.05) is 26.1 Å². The number of carbonyl (C=O) groups is 1. The maximum Gasteiger partial charge on any atom is 0.262 e. The number of amides is 1. The van der Waals surface area contributed by atoms with Crippen LogP contribution in [0.5, 0.6) is 17.2 Å². The van der Waals surface area contributed by atoms with Gasteiger partial charge < -0.3 is 23.9 Å². The molecule has 174 valence electrons. The number of nitrogens with one attached hydrogen (secondary N) is 1. The zero-order valence-corrected chi connectivity index (χ0v) is 19.6. The molecule has 34 heavy (non-hydrogen) atoms. The Kier molecular flexibility index (Phi) is 6.75. The van der Waals surface area contributed by atoms with Gasteiger partial charge in [0.05, 0.1) is 19.6 Å². The first-order valence-electron chi connectivity index (χ1n) is 10.4. The van der Waals surface area contributed by atoms with Crippen LogP contribution in [0, 0.1) is 6.92 Å². The van der Waals surface area contributed by atoms with E-state index in [0.717, 1.165) is 5.56 Å². The molecule has 4 aromatic rings. The number of anilines is 1. The summed E-state index contributed by atoms with van der Waals surface area (Å²) in [5.74, 6) is 0.591. The molecule has 0 fully saturated rings. The normalized spacial score (nSPS) is 10.7. The molecular weight excluding hydrogens is 458 g/mol. The highest BCUT2D eigenvalue weighted by Gasteiger charge is 2.21. The van der Waals surface area contributed by atoms with Gasteiger partial charge in [-0.05, 0) is 55.0 Å². The molecule has 1 heterocycles. The number of methoxy groups -OCH3 is 2. The molecule has 0 bridgehead atoms. The van der Waals surface area contributed by atoms with Crippen LogP contribution in [-0.2, 0) is 4.79 Å². The van der Waals surface area contributed by atoms with Gasteiger partial charge in [-0.25, -0.2) is 0 Å². The van der Waals surface area contributed by atoms with Crippen LogP contribution < -0.4 is 25.0 Å². The molecule has 1 aromatic heterocycles. The summed E-state index contributed by atoms with van der Waals surface area (Å²) in [6, 6.07) is 17.2. The Bertz CT molecular complexity index is 1430. The van der Waals surface area contributed by atoms with Crippen LogP contribution in [0.15, 0.2) is 69.9 Å². The average Bonchev–Trinajstić information content (AvgIpc) is 2.84. The van der Waals surface area contributed by atoms with Crippen molar-refractivity contribution in [3.05, 3.63) is 81.5 Å². The highest BCUT2D eigenvalue weighted by Crippen LogP contribution is 2.37. The van der Waals surface area contributed by atoms with Crippen molar-refractivity contribution in [1.29, 1.82) is 0 Å². The number of halogens is 1. The number of ether oxygens (including phenoxy) is 3. The summed E-state index contributed by atoms with van der Waals surface area (Å²) in [5, 5.41) is 3.40. The Morgan fingerprint density at radius 3 is 2.50 bits per heavy atom. The molecule has 4 rings (SSSR count). The van der Waals surface area contributed by atoms with E-state index in [0.29, 0.717) is 33.4 Å². The van der Waals surface area contributed by atoms with Crippen molar-refractivity contribution >= 4 is 34.2 Å². The van der Waals surface area contributed by atoms with Crippen molar-refractivity contribution in [3.63, 3.8) is 0 Å². The van der Waals surface area contributed by atoms with Crippen LogP contribution in [0.4, 0.5) is 5.69 Å². The lowest BCUT2D eigenvalue weighted by atomic mass is 10.1. The van der Waals surface area contributed by atoms with Gasteiger partial charge in [0.1, 0.15) is 5.58 Å². The topological polar surface area (TPSA) is 87.0 Å². The zero-order chi connectivity index (χ0) is 24.2. The Balaban J connectivity index is 1.75. The van der Waals surface area contributed by atoms with Crippen LogP contribution in [0.3, 0.4) is 0 Å². The van der Waals surface area contributed by atoms with Crippen molar-refractivity contribution in [3.8, 4) is 28.6 Å². The molecule has 7 nitrogen and oxygen atoms in total. The Hall–Kier alpha value is -3.97. The zero-order valence-electron chi connectivity index (χ0n) is 18.8. The third kappa shape index (κ3) is 4.70. The fourth-order valence-electron chi connectivity index (χ4n) is 3.49. The van der Waals surface area contributed by atoms with Gasteiger partial charge in [-0.3, -0.25) is 9.59 Å². The third-order valence-corrected chi connectivity index (χ3v) is 5.46. The van der Waals surface area contributed by atoms with E-state index in [1.54, 1.807) is 36.4 Å². The molecule has 0 spiro atoms. The van der Waals surface area contributed by atoms with Gasteiger partial charge >= 0.3 is 0 Å². The van der Waals surface area contributed by atoms with Crippen molar-refractivity contribution in [1.82, 2.24) is 0 Å². The molecule has 0 saturated heterocycles. The van der Waals surface area contributed by atoms with E-state index < -0.39 is 17.9 Å². The number of rotatable bonds is 7. The quantitative estimate of drug-likeness (QED) is 0.379. The second kappa shape index (κ2) is 9.89. The molecule has 0 radical (unpaired) electrons. The summed E-state index contributed by atoms with van der Waals surface area (Å²) >= 11 is 6.09. The standard InChI is InChI=1S/C26H22ClNO6/c1-15-6-4-5-7-19(15)28-23(29)14-33-26-24(30)18-13-17(27)9-11-20(18)34-25(26)16-8-10-21(31-2)22(12-16)32-3/h4-13H,14H2,1-3H3,(H,28,29). The maximum absolute atomic E-state index is 13.3. The predicted octanol–water partition coefficient (Wildman–Crippen LogP) is 5.46. The summed E-state index contributed by atoms with van der Waals surface area (Å²) in [4.78, 5) is 25.9. The molecule has 1 N–H and O–H groups in total. The molecule has 0 saturated carbocycles. The van der Waals surface area contributed by atoms with Gasteiger partial charge in [-0.2, -0.15) is 0 Å². The lowest BCUT2D eigenvalue weighted by Crippen LogP contribution is -2.23. The molecule has 8 heteroatoms. The number of hydrogen-bond acceptors (Lipinski definition) is 6. The van der Waals surface area contributed by atoms with Crippen LogP contribution in [-0.4, -0.2) is 26.7 Å². The fraction of sp³-hybridized carbons (Fsp3) is 0.154. The number of hydrogen-bond donors (Lipinski definition) is 1. The SMILES string of the molecule is COc1ccc(-c2oc3ccc(Cl)cc3c(=O)c2OCC(=O)Nc2ccccc2C)cc1OC. The van der Waals surface area contributed by atoms with E-state index in [2.05, 4.69) is 5.32 Å². The first-order chi connectivity index (χ1) is 16.4. The van der Waals surface area contributed by atoms with E-state index in [1.165, 1.54) is 20.3 Å². The van der Waals surface area contributed by atoms with Gasteiger partial charge in [0.15, 0.2) is 23.9 Å². The van der Waals surface area contributed by atoms with Gasteiger partial charge in [0.25, 0.3) is 5.91 Å². The molecule has 0 unspecified atom stereocenters. The van der Waals surface area contributed by atoms with Crippen LogP contribution in [0.1, 0.15) is 5.56 Å². The van der Waals surface area contributed by atoms with E-state index in [-0.39, 0.29) is 16.9 Å². The summed E-state index contributed by atoms with van der Waals surface area (Å²) in [6.45, 7) is 1.48. The van der Waals surface area contributed by atoms with E-state index in [1.807, 2.05) is 25.1 Å². The molecule has 1 amide bonds. The minimum Gasteiger partial charge on any atom is -0.493 e. The van der Waals surface area contributed by atoms with Crippen molar-refractivity contribution in [2.45, 2.75) is 6.92 Å². The van der Waals surface area contributed by atoms with E-state index >= 15 is 0 Å². The number of aryl methyl sites for hydroxylation is 1. The number of benzene rings is 3. The second-order valence-corrected chi connectivity index (χ2v) is 7.89. The van der Waals surface area contributed by atoms with Gasteiger partial charge in [0.2, 0.25) is 11.2 Å². The number of para-hydroxylation sites is 1. The summed E-state index contributed by atoms with van der Waals surface area (Å²) < 4.78 is 22.5. The second-order valence-electron chi connectivity index (χ2n) is 7.45. The highest BCUT2D eigenvalue weighted by atomic mass is 35.5. The van der Waals surface area contributed by atoms with Crippen LogP contribution >= 0.6 is 11.6 Å². The lowest BCUT2D eigenvalue weighted by molar-refractivity contribution is -0.118. The smallest absolute Gasteiger partial charge is 0.262 e. The largest absolute Gasteiger partial charge is 0.493 e. The van der Waals surface area contributed by atoms with Crippen molar-refractivity contribution < 1.29 is 23.4 Å².